The largest absolute Gasteiger partial charge is 0.387 e. The minimum Gasteiger partial charge on any atom is -0.387 e. The number of hydrogen-bond donors (Lipinski definition) is 2. The Morgan fingerprint density at radius 1 is 1.44 bits per heavy atom. The van der Waals surface area contributed by atoms with Crippen molar-refractivity contribution in [1.82, 2.24) is 4.57 Å². The van der Waals surface area contributed by atoms with Crippen LogP contribution < -0.4 is 5.73 Å². The fourth-order valence-corrected chi connectivity index (χ4v) is 2.90. The van der Waals surface area contributed by atoms with Gasteiger partial charge in [-0.05, 0) is 35.0 Å². The highest BCUT2D eigenvalue weighted by Crippen LogP contribution is 2.34. The summed E-state index contributed by atoms with van der Waals surface area (Å²) in [6.45, 7) is 0.481. The van der Waals surface area contributed by atoms with Gasteiger partial charge in [0.1, 0.15) is 0 Å². The summed E-state index contributed by atoms with van der Waals surface area (Å²) < 4.78 is 2.98. The maximum absolute atomic E-state index is 10.1. The van der Waals surface area contributed by atoms with Crippen LogP contribution in [0.25, 0.3) is 10.9 Å². The first-order valence-corrected chi connectivity index (χ1v) is 6.07. The van der Waals surface area contributed by atoms with Crippen LogP contribution in [0.2, 0.25) is 0 Å². The number of aliphatic hydroxyl groups is 1. The molecule has 1 atom stereocenters. The van der Waals surface area contributed by atoms with E-state index in [4.69, 9.17) is 5.73 Å². The number of aryl methyl sites for hydroxylation is 1. The Bertz CT molecular complexity index is 468. The molecule has 1 aromatic heterocycles. The van der Waals surface area contributed by atoms with E-state index in [-0.39, 0.29) is 0 Å². The molecule has 0 radical (unpaired) electrons. The second-order valence-corrected chi connectivity index (χ2v) is 4.66. The van der Waals surface area contributed by atoms with Crippen molar-refractivity contribution in [3.05, 3.63) is 34.4 Å². The molecule has 2 rings (SSSR count). The van der Waals surface area contributed by atoms with Gasteiger partial charge in [-0.3, -0.25) is 0 Å². The molecule has 0 aliphatic carbocycles. The van der Waals surface area contributed by atoms with Crippen LogP contribution in [0.15, 0.2) is 28.7 Å². The number of nitrogens with zero attached hydrogens (tertiary/aromatic N) is 1. The van der Waals surface area contributed by atoms with Crippen LogP contribution in [-0.2, 0) is 7.05 Å². The molecule has 86 valence electrons. The zero-order valence-corrected chi connectivity index (χ0v) is 10.7. The monoisotopic (exact) mass is 282 g/mol. The van der Waals surface area contributed by atoms with E-state index in [1.165, 1.54) is 0 Å². The van der Waals surface area contributed by atoms with Crippen LogP contribution in [0.3, 0.4) is 0 Å². The predicted octanol–water partition coefficient (Wildman–Crippen LogP) is 2.32. The van der Waals surface area contributed by atoms with Crippen molar-refractivity contribution in [3.63, 3.8) is 0 Å². The van der Waals surface area contributed by atoms with E-state index in [0.29, 0.717) is 13.0 Å². The van der Waals surface area contributed by atoms with Gasteiger partial charge in [0.05, 0.1) is 11.8 Å². The van der Waals surface area contributed by atoms with Gasteiger partial charge in [-0.2, -0.15) is 0 Å². The fraction of sp³-hybridized carbons (Fsp3) is 0.333. The molecule has 0 amide bonds. The summed E-state index contributed by atoms with van der Waals surface area (Å²) in [5.41, 5.74) is 7.48. The first-order valence-electron chi connectivity index (χ1n) is 5.27. The van der Waals surface area contributed by atoms with E-state index in [2.05, 4.69) is 15.9 Å². The Hall–Kier alpha value is -0.840. The average Bonchev–Trinajstić information content (AvgIpc) is 2.53. The summed E-state index contributed by atoms with van der Waals surface area (Å²) in [6.07, 6.45) is 0.0553. The van der Waals surface area contributed by atoms with E-state index < -0.39 is 6.10 Å². The van der Waals surface area contributed by atoms with Crippen LogP contribution in [0.4, 0.5) is 0 Å². The Morgan fingerprint density at radius 2 is 2.12 bits per heavy atom. The van der Waals surface area contributed by atoms with E-state index in [0.717, 1.165) is 21.1 Å². The van der Waals surface area contributed by atoms with Gasteiger partial charge in [0.2, 0.25) is 0 Å². The van der Waals surface area contributed by atoms with E-state index in [1.54, 1.807) is 0 Å². The summed E-state index contributed by atoms with van der Waals surface area (Å²) >= 11 is 3.55. The molecule has 3 nitrogen and oxygen atoms in total. The number of hydrogen-bond acceptors (Lipinski definition) is 2. The molecule has 0 bridgehead atoms. The Morgan fingerprint density at radius 3 is 2.75 bits per heavy atom. The van der Waals surface area contributed by atoms with Crippen molar-refractivity contribution >= 4 is 26.8 Å². The number of para-hydroxylation sites is 1. The highest BCUT2D eigenvalue weighted by atomic mass is 79.9. The molecule has 0 fully saturated rings. The first-order chi connectivity index (χ1) is 7.66. The highest BCUT2D eigenvalue weighted by molar-refractivity contribution is 9.10. The SMILES string of the molecule is Cn1c(C(O)CCN)c(Br)c2ccccc21. The van der Waals surface area contributed by atoms with Crippen molar-refractivity contribution < 1.29 is 5.11 Å². The maximum atomic E-state index is 10.1. The van der Waals surface area contributed by atoms with Crippen LogP contribution in [0.5, 0.6) is 0 Å². The van der Waals surface area contributed by atoms with E-state index in [1.807, 2.05) is 35.9 Å². The molecule has 16 heavy (non-hydrogen) atoms. The smallest absolute Gasteiger partial charge is 0.0963 e. The summed E-state index contributed by atoms with van der Waals surface area (Å²) in [7, 11) is 1.96. The van der Waals surface area contributed by atoms with Crippen LogP contribution in [0, 0.1) is 0 Å². The summed E-state index contributed by atoms with van der Waals surface area (Å²) in [6, 6.07) is 8.07. The number of benzene rings is 1. The maximum Gasteiger partial charge on any atom is 0.0963 e. The zero-order chi connectivity index (χ0) is 11.7. The topological polar surface area (TPSA) is 51.2 Å². The lowest BCUT2D eigenvalue weighted by molar-refractivity contribution is 0.162. The normalized spacial score (nSPS) is 13.2. The standard InChI is InChI=1S/C12H15BrN2O/c1-15-9-5-3-2-4-8(9)11(13)12(15)10(16)6-7-14/h2-5,10,16H,6-7,14H2,1H3. The van der Waals surface area contributed by atoms with E-state index >= 15 is 0 Å². The Balaban J connectivity index is 2.61. The lowest BCUT2D eigenvalue weighted by atomic mass is 10.2. The second-order valence-electron chi connectivity index (χ2n) is 3.87. The van der Waals surface area contributed by atoms with Crippen molar-refractivity contribution in [2.24, 2.45) is 12.8 Å². The number of nitrogens with two attached hydrogens (primary N) is 1. The van der Waals surface area contributed by atoms with Gasteiger partial charge in [0, 0.05) is 22.4 Å². The van der Waals surface area contributed by atoms with E-state index in [9.17, 15) is 5.11 Å². The minimum absolute atomic E-state index is 0.481. The molecule has 1 unspecified atom stereocenters. The van der Waals surface area contributed by atoms with Gasteiger partial charge in [-0.25, -0.2) is 0 Å². The van der Waals surface area contributed by atoms with Crippen LogP contribution in [0.1, 0.15) is 18.2 Å². The van der Waals surface area contributed by atoms with Gasteiger partial charge in [-0.1, -0.05) is 18.2 Å². The third kappa shape index (κ3) is 1.77. The molecule has 0 saturated heterocycles. The molecule has 0 aliphatic rings. The van der Waals surface area contributed by atoms with Crippen molar-refractivity contribution in [2.75, 3.05) is 6.54 Å². The predicted molar refractivity (Wildman–Crippen MR) is 69.3 cm³/mol. The molecule has 1 aromatic carbocycles. The van der Waals surface area contributed by atoms with Crippen LogP contribution in [-0.4, -0.2) is 16.2 Å². The third-order valence-electron chi connectivity index (χ3n) is 2.84. The lowest BCUT2D eigenvalue weighted by Gasteiger charge is -2.11. The molecule has 0 spiro atoms. The molecule has 1 heterocycles. The second kappa shape index (κ2) is 4.57. The van der Waals surface area contributed by atoms with Crippen LogP contribution >= 0.6 is 15.9 Å². The molecular weight excluding hydrogens is 268 g/mol. The summed E-state index contributed by atoms with van der Waals surface area (Å²) in [5.74, 6) is 0. The number of rotatable bonds is 3. The van der Waals surface area contributed by atoms with Gasteiger partial charge >= 0.3 is 0 Å². The molecule has 4 heteroatoms. The first kappa shape index (κ1) is 11.6. The average molecular weight is 283 g/mol. The minimum atomic E-state index is -0.517. The highest BCUT2D eigenvalue weighted by Gasteiger charge is 2.18. The van der Waals surface area contributed by atoms with Gasteiger partial charge in [-0.15, -0.1) is 0 Å². The fourth-order valence-electron chi connectivity index (χ4n) is 2.03. The Labute approximate surface area is 103 Å². The lowest BCUT2D eigenvalue weighted by Crippen LogP contribution is -2.10. The summed E-state index contributed by atoms with van der Waals surface area (Å²) in [5, 5.41) is 11.2. The van der Waals surface area contributed by atoms with Gasteiger partial charge < -0.3 is 15.4 Å². The zero-order valence-electron chi connectivity index (χ0n) is 9.15. The quantitative estimate of drug-likeness (QED) is 0.908. The summed E-state index contributed by atoms with van der Waals surface area (Å²) in [4.78, 5) is 0. The van der Waals surface area contributed by atoms with Crippen molar-refractivity contribution in [2.45, 2.75) is 12.5 Å². The number of halogens is 1. The molecular formula is C12H15BrN2O. The Kier molecular flexibility index (Phi) is 3.33. The van der Waals surface area contributed by atoms with Crippen molar-refractivity contribution in [3.8, 4) is 0 Å². The number of aliphatic hydroxyl groups excluding tert-OH is 1. The number of fused-ring (bicyclic) bond motifs is 1. The molecule has 2 aromatic rings. The van der Waals surface area contributed by atoms with Gasteiger partial charge in [0.15, 0.2) is 0 Å². The third-order valence-corrected chi connectivity index (χ3v) is 3.68. The molecule has 3 N–H and O–H groups in total. The molecule has 0 saturated carbocycles. The van der Waals surface area contributed by atoms with Crippen molar-refractivity contribution in [1.29, 1.82) is 0 Å². The van der Waals surface area contributed by atoms with Gasteiger partial charge in [0.25, 0.3) is 0 Å². The number of aromatic nitrogens is 1. The molecule has 0 aliphatic heterocycles.